The van der Waals surface area contributed by atoms with E-state index in [9.17, 15) is 9.59 Å². The summed E-state index contributed by atoms with van der Waals surface area (Å²) in [5.41, 5.74) is 2.28. The third-order valence-electron chi connectivity index (χ3n) is 5.16. The molecule has 3 heterocycles. The molecule has 25 heavy (non-hydrogen) atoms. The van der Waals surface area contributed by atoms with Crippen LogP contribution < -0.4 is 10.6 Å². The fourth-order valence-corrected chi connectivity index (χ4v) is 3.87. The Hall–Kier alpha value is -2.63. The summed E-state index contributed by atoms with van der Waals surface area (Å²) in [6.45, 7) is 2.90. The molecule has 2 aromatic rings. The van der Waals surface area contributed by atoms with Gasteiger partial charge in [0.15, 0.2) is 0 Å². The second-order valence-corrected chi connectivity index (χ2v) is 6.73. The number of amides is 1. The molecule has 4 rings (SSSR count). The summed E-state index contributed by atoms with van der Waals surface area (Å²) >= 11 is 0. The Morgan fingerprint density at radius 2 is 1.80 bits per heavy atom. The molecule has 0 bridgehead atoms. The Morgan fingerprint density at radius 1 is 1.04 bits per heavy atom. The molecule has 2 saturated heterocycles. The quantitative estimate of drug-likeness (QED) is 0.933. The van der Waals surface area contributed by atoms with Crippen LogP contribution in [-0.4, -0.2) is 40.4 Å². The second-order valence-electron chi connectivity index (χ2n) is 6.73. The van der Waals surface area contributed by atoms with E-state index in [2.05, 4.69) is 14.9 Å². The molecule has 2 aliphatic heterocycles. The van der Waals surface area contributed by atoms with Crippen LogP contribution in [0.15, 0.2) is 41.3 Å². The van der Waals surface area contributed by atoms with Crippen molar-refractivity contribution in [3.8, 4) is 0 Å². The van der Waals surface area contributed by atoms with Crippen LogP contribution in [0.4, 0.5) is 5.69 Å². The fraction of sp³-hybridized carbons (Fsp3) is 0.421. The van der Waals surface area contributed by atoms with Gasteiger partial charge in [0.1, 0.15) is 0 Å². The van der Waals surface area contributed by atoms with Crippen LogP contribution in [-0.2, 0) is 0 Å². The van der Waals surface area contributed by atoms with Crippen molar-refractivity contribution in [2.24, 2.45) is 0 Å². The van der Waals surface area contributed by atoms with Gasteiger partial charge in [0.2, 0.25) is 0 Å². The largest absolute Gasteiger partial charge is 0.372 e. The number of anilines is 1. The highest BCUT2D eigenvalue weighted by Crippen LogP contribution is 2.32. The predicted octanol–water partition coefficient (Wildman–Crippen LogP) is 2.35. The summed E-state index contributed by atoms with van der Waals surface area (Å²) in [6.07, 6.45) is 5.77. The standard InChI is InChI=1S/C19H22N4O2/c24-18(14-5-7-15(8-6-14)22-11-1-2-12-22)23-13-3-4-17(23)16-9-10-20-19(25)21-16/h5-10,17H,1-4,11-13H2,(H,20,21,25)/t17-/m1/s1. The van der Waals surface area contributed by atoms with Gasteiger partial charge < -0.3 is 14.8 Å². The van der Waals surface area contributed by atoms with Gasteiger partial charge in [-0.15, -0.1) is 0 Å². The molecule has 1 aromatic heterocycles. The van der Waals surface area contributed by atoms with Crippen molar-refractivity contribution in [3.05, 3.63) is 58.3 Å². The highest BCUT2D eigenvalue weighted by molar-refractivity contribution is 5.95. The van der Waals surface area contributed by atoms with Crippen molar-refractivity contribution in [1.29, 1.82) is 0 Å². The number of nitrogens with zero attached hydrogens (tertiary/aromatic N) is 3. The molecule has 0 saturated carbocycles. The van der Waals surface area contributed by atoms with E-state index in [0.717, 1.165) is 31.6 Å². The molecule has 1 N–H and O–H groups in total. The Kier molecular flexibility index (Phi) is 4.26. The zero-order valence-electron chi connectivity index (χ0n) is 14.1. The molecule has 1 amide bonds. The Bertz CT molecular complexity index is 809. The van der Waals surface area contributed by atoms with Crippen molar-refractivity contribution < 1.29 is 4.79 Å². The van der Waals surface area contributed by atoms with Crippen LogP contribution in [0.5, 0.6) is 0 Å². The molecular weight excluding hydrogens is 316 g/mol. The fourth-order valence-electron chi connectivity index (χ4n) is 3.87. The van der Waals surface area contributed by atoms with Gasteiger partial charge in [-0.25, -0.2) is 9.78 Å². The molecule has 6 nitrogen and oxygen atoms in total. The lowest BCUT2D eigenvalue weighted by Crippen LogP contribution is -2.32. The number of carbonyl (C=O) groups excluding carboxylic acids is 1. The molecule has 0 unspecified atom stereocenters. The molecule has 1 aromatic carbocycles. The van der Waals surface area contributed by atoms with Crippen LogP contribution in [0, 0.1) is 0 Å². The predicted molar refractivity (Wildman–Crippen MR) is 95.8 cm³/mol. The molecule has 2 fully saturated rings. The van der Waals surface area contributed by atoms with Crippen LogP contribution >= 0.6 is 0 Å². The first-order chi connectivity index (χ1) is 12.2. The van der Waals surface area contributed by atoms with Gasteiger partial charge in [-0.3, -0.25) is 4.79 Å². The summed E-state index contributed by atoms with van der Waals surface area (Å²) in [5.74, 6) is 0.0214. The number of H-pyrrole nitrogens is 1. The normalized spacial score (nSPS) is 20.2. The van der Waals surface area contributed by atoms with Gasteiger partial charge in [0.25, 0.3) is 5.91 Å². The Labute approximate surface area is 146 Å². The molecular formula is C19H22N4O2. The molecule has 0 aliphatic carbocycles. The first kappa shape index (κ1) is 15.9. The monoisotopic (exact) mass is 338 g/mol. The number of rotatable bonds is 3. The van der Waals surface area contributed by atoms with Gasteiger partial charge in [-0.1, -0.05) is 0 Å². The minimum atomic E-state index is -0.369. The van der Waals surface area contributed by atoms with Gasteiger partial charge in [0.05, 0.1) is 6.04 Å². The third kappa shape index (κ3) is 3.16. The number of benzene rings is 1. The lowest BCUT2D eigenvalue weighted by Gasteiger charge is -2.25. The maximum absolute atomic E-state index is 13.0. The summed E-state index contributed by atoms with van der Waals surface area (Å²) < 4.78 is 0. The van der Waals surface area contributed by atoms with E-state index in [0.29, 0.717) is 12.1 Å². The molecule has 1 atom stereocenters. The zero-order valence-corrected chi connectivity index (χ0v) is 14.1. The number of hydrogen-bond acceptors (Lipinski definition) is 4. The molecule has 130 valence electrons. The van der Waals surface area contributed by atoms with E-state index in [-0.39, 0.29) is 17.6 Å². The van der Waals surface area contributed by atoms with Crippen LogP contribution in [0.2, 0.25) is 0 Å². The Balaban J connectivity index is 1.54. The number of hydrogen-bond donors (Lipinski definition) is 1. The van der Waals surface area contributed by atoms with Crippen molar-refractivity contribution >= 4 is 11.6 Å². The van der Waals surface area contributed by atoms with Crippen LogP contribution in [0.25, 0.3) is 0 Å². The SMILES string of the molecule is O=C(c1ccc(N2CCCC2)cc1)N1CCC[C@@H]1c1ccnc(=O)[nH]1. The van der Waals surface area contributed by atoms with E-state index in [1.165, 1.54) is 24.7 Å². The van der Waals surface area contributed by atoms with Crippen molar-refractivity contribution in [2.45, 2.75) is 31.7 Å². The maximum Gasteiger partial charge on any atom is 0.345 e. The van der Waals surface area contributed by atoms with E-state index in [1.807, 2.05) is 29.2 Å². The van der Waals surface area contributed by atoms with Gasteiger partial charge >= 0.3 is 5.69 Å². The second kappa shape index (κ2) is 6.70. The molecule has 2 aliphatic rings. The number of aromatic nitrogens is 2. The lowest BCUT2D eigenvalue weighted by molar-refractivity contribution is 0.0732. The number of aromatic amines is 1. The van der Waals surface area contributed by atoms with Crippen molar-refractivity contribution in [3.63, 3.8) is 0 Å². The zero-order chi connectivity index (χ0) is 17.2. The van der Waals surface area contributed by atoms with E-state index < -0.39 is 0 Å². The van der Waals surface area contributed by atoms with Gasteiger partial charge in [-0.05, 0) is 56.0 Å². The van der Waals surface area contributed by atoms with Crippen LogP contribution in [0.1, 0.15) is 47.8 Å². The summed E-state index contributed by atoms with van der Waals surface area (Å²) in [5, 5.41) is 0. The highest BCUT2D eigenvalue weighted by atomic mass is 16.2. The van der Waals surface area contributed by atoms with Crippen molar-refractivity contribution in [2.75, 3.05) is 24.5 Å². The number of carbonyl (C=O) groups is 1. The first-order valence-electron chi connectivity index (χ1n) is 8.93. The van der Waals surface area contributed by atoms with Crippen molar-refractivity contribution in [1.82, 2.24) is 14.9 Å². The minimum absolute atomic E-state index is 0.0214. The number of nitrogens with one attached hydrogen (secondary N) is 1. The van der Waals surface area contributed by atoms with E-state index >= 15 is 0 Å². The average molecular weight is 338 g/mol. The molecule has 0 spiro atoms. The highest BCUT2D eigenvalue weighted by Gasteiger charge is 2.31. The van der Waals surface area contributed by atoms with E-state index in [4.69, 9.17) is 0 Å². The maximum atomic E-state index is 13.0. The Morgan fingerprint density at radius 3 is 2.52 bits per heavy atom. The smallest absolute Gasteiger partial charge is 0.345 e. The van der Waals surface area contributed by atoms with E-state index in [1.54, 1.807) is 6.07 Å². The lowest BCUT2D eigenvalue weighted by atomic mass is 10.1. The molecule has 6 heteroatoms. The van der Waals surface area contributed by atoms with Gasteiger partial charge in [-0.2, -0.15) is 0 Å². The number of likely N-dealkylation sites (tertiary alicyclic amines) is 1. The first-order valence-corrected chi connectivity index (χ1v) is 8.93. The van der Waals surface area contributed by atoms with Crippen LogP contribution in [0.3, 0.4) is 0 Å². The third-order valence-corrected chi connectivity index (χ3v) is 5.16. The summed E-state index contributed by atoms with van der Waals surface area (Å²) in [7, 11) is 0. The minimum Gasteiger partial charge on any atom is -0.372 e. The molecule has 0 radical (unpaired) electrons. The average Bonchev–Trinajstić information content (AvgIpc) is 3.33. The summed E-state index contributed by atoms with van der Waals surface area (Å²) in [6, 6.07) is 9.62. The van der Waals surface area contributed by atoms with Gasteiger partial charge in [0, 0.05) is 42.8 Å². The summed E-state index contributed by atoms with van der Waals surface area (Å²) in [4.78, 5) is 35.1. The topological polar surface area (TPSA) is 69.3 Å².